The molecule has 0 saturated carbocycles. The molecule has 8 nitrogen and oxygen atoms in total. The first-order valence-corrected chi connectivity index (χ1v) is 13.6. The molecule has 0 radical (unpaired) electrons. The van der Waals surface area contributed by atoms with E-state index in [-0.39, 0.29) is 16.9 Å². The number of likely N-dealkylation sites (N-methyl/N-ethyl adjacent to an activating group) is 1. The number of aromatic hydroxyl groups is 1. The number of fused-ring (bicyclic) bond motifs is 1. The van der Waals surface area contributed by atoms with E-state index in [0.717, 1.165) is 65.1 Å². The Balaban J connectivity index is 1.07. The predicted molar refractivity (Wildman–Crippen MR) is 143 cm³/mol. The molecular formula is C27H36N4O4S. The van der Waals surface area contributed by atoms with Crippen LogP contribution in [0.15, 0.2) is 41.2 Å². The summed E-state index contributed by atoms with van der Waals surface area (Å²) in [5.41, 5.74) is 0.809. The fourth-order valence-electron chi connectivity index (χ4n) is 5.43. The summed E-state index contributed by atoms with van der Waals surface area (Å²) in [5.74, 6) is -0.000841. The molecule has 1 aromatic carbocycles. The van der Waals surface area contributed by atoms with Crippen molar-refractivity contribution < 1.29 is 14.9 Å². The average Bonchev–Trinajstić information content (AvgIpc) is 3.31. The number of likely N-dealkylation sites (tertiary alicyclic amines) is 1. The van der Waals surface area contributed by atoms with Crippen LogP contribution < -0.4 is 10.9 Å². The number of ether oxygens (including phenoxy) is 1. The molecule has 0 aliphatic carbocycles. The van der Waals surface area contributed by atoms with Gasteiger partial charge in [0.1, 0.15) is 5.75 Å². The molecule has 0 amide bonds. The molecule has 4 N–H and O–H groups in total. The van der Waals surface area contributed by atoms with Crippen LogP contribution in [0, 0.1) is 0 Å². The molecule has 2 saturated heterocycles. The summed E-state index contributed by atoms with van der Waals surface area (Å²) in [6.45, 7) is 7.26. The standard InChI is InChI=1S/C27H36N4O4S/c1-30-14-15-35-27(18-30)9-12-31(13-10-27)17-20-3-2-19(36-20)8-11-28-16-24(33)21-4-6-23(32)26-22(21)5-7-25(34)29-26/h2-7,24,28,32-33H,8-18H2,1H3,(H,29,34). The number of benzene rings is 1. The number of hydrogen-bond acceptors (Lipinski definition) is 8. The van der Waals surface area contributed by atoms with Crippen molar-refractivity contribution in [3.63, 3.8) is 0 Å². The zero-order valence-electron chi connectivity index (χ0n) is 20.8. The summed E-state index contributed by atoms with van der Waals surface area (Å²) in [6, 6.07) is 10.7. The number of morpholine rings is 1. The van der Waals surface area contributed by atoms with Gasteiger partial charge in [0.15, 0.2) is 0 Å². The number of aromatic amines is 1. The van der Waals surface area contributed by atoms with E-state index in [4.69, 9.17) is 4.74 Å². The van der Waals surface area contributed by atoms with Gasteiger partial charge in [-0.1, -0.05) is 6.07 Å². The van der Waals surface area contributed by atoms with Gasteiger partial charge in [0.2, 0.25) is 5.56 Å². The highest BCUT2D eigenvalue weighted by molar-refractivity contribution is 7.11. The molecule has 5 rings (SSSR count). The number of thiophene rings is 1. The topological polar surface area (TPSA) is 101 Å². The maximum absolute atomic E-state index is 11.6. The van der Waals surface area contributed by atoms with Gasteiger partial charge in [-0.25, -0.2) is 0 Å². The molecule has 194 valence electrons. The van der Waals surface area contributed by atoms with Crippen molar-refractivity contribution in [1.29, 1.82) is 0 Å². The lowest BCUT2D eigenvalue weighted by Crippen LogP contribution is -2.55. The molecule has 2 aliphatic rings. The normalized spacial score (nSPS) is 19.7. The van der Waals surface area contributed by atoms with Crippen molar-refractivity contribution in [1.82, 2.24) is 20.1 Å². The number of rotatable bonds is 8. The Morgan fingerprint density at radius 3 is 2.75 bits per heavy atom. The van der Waals surface area contributed by atoms with Gasteiger partial charge in [0, 0.05) is 67.0 Å². The lowest BCUT2D eigenvalue weighted by atomic mass is 9.89. The van der Waals surface area contributed by atoms with Gasteiger partial charge in [-0.15, -0.1) is 11.3 Å². The largest absolute Gasteiger partial charge is 0.506 e. The Labute approximate surface area is 215 Å². The second kappa shape index (κ2) is 11.0. The van der Waals surface area contributed by atoms with Crippen molar-refractivity contribution >= 4 is 22.2 Å². The van der Waals surface area contributed by atoms with Gasteiger partial charge in [-0.3, -0.25) is 9.69 Å². The second-order valence-corrected chi connectivity index (χ2v) is 11.4. The van der Waals surface area contributed by atoms with Crippen LogP contribution in [0.2, 0.25) is 0 Å². The fourth-order valence-corrected chi connectivity index (χ4v) is 6.49. The van der Waals surface area contributed by atoms with Crippen molar-refractivity contribution in [3.8, 4) is 5.75 Å². The number of aromatic nitrogens is 1. The highest BCUT2D eigenvalue weighted by atomic mass is 32.1. The first-order chi connectivity index (χ1) is 17.4. The van der Waals surface area contributed by atoms with Gasteiger partial charge >= 0.3 is 0 Å². The lowest BCUT2D eigenvalue weighted by molar-refractivity contribution is -0.131. The van der Waals surface area contributed by atoms with Crippen LogP contribution in [-0.2, 0) is 17.7 Å². The van der Waals surface area contributed by atoms with E-state index in [1.807, 2.05) is 11.3 Å². The minimum absolute atomic E-state index is 0.000841. The van der Waals surface area contributed by atoms with E-state index in [0.29, 0.717) is 23.0 Å². The van der Waals surface area contributed by atoms with Crippen LogP contribution in [0.1, 0.15) is 34.3 Å². The Morgan fingerprint density at radius 2 is 1.94 bits per heavy atom. The van der Waals surface area contributed by atoms with Crippen molar-refractivity contribution in [2.24, 2.45) is 0 Å². The van der Waals surface area contributed by atoms with Gasteiger partial charge in [-0.05, 0) is 56.1 Å². The third-order valence-corrected chi connectivity index (χ3v) is 8.58. The maximum Gasteiger partial charge on any atom is 0.248 e. The van der Waals surface area contributed by atoms with Crippen LogP contribution in [-0.4, -0.2) is 83.5 Å². The van der Waals surface area contributed by atoms with E-state index >= 15 is 0 Å². The van der Waals surface area contributed by atoms with Crippen molar-refractivity contribution in [3.05, 3.63) is 62.1 Å². The molecule has 2 aromatic heterocycles. The third kappa shape index (κ3) is 5.82. The van der Waals surface area contributed by atoms with E-state index in [9.17, 15) is 15.0 Å². The molecule has 1 spiro atoms. The predicted octanol–water partition coefficient (Wildman–Crippen LogP) is 2.46. The molecule has 2 fully saturated rings. The third-order valence-electron chi connectivity index (χ3n) is 7.46. The Hall–Kier alpha value is -2.27. The summed E-state index contributed by atoms with van der Waals surface area (Å²) in [4.78, 5) is 21.9. The quantitative estimate of drug-likeness (QED) is 0.344. The van der Waals surface area contributed by atoms with Gasteiger partial charge < -0.3 is 30.2 Å². The number of aliphatic hydroxyl groups is 1. The highest BCUT2D eigenvalue weighted by Crippen LogP contribution is 2.31. The molecule has 36 heavy (non-hydrogen) atoms. The number of aliphatic hydroxyl groups excluding tert-OH is 1. The smallest absolute Gasteiger partial charge is 0.248 e. The molecule has 1 unspecified atom stereocenters. The van der Waals surface area contributed by atoms with E-state index in [1.165, 1.54) is 21.9 Å². The molecule has 1 atom stereocenters. The summed E-state index contributed by atoms with van der Waals surface area (Å²) in [5, 5.41) is 24.8. The van der Waals surface area contributed by atoms with Gasteiger partial charge in [-0.2, -0.15) is 0 Å². The number of phenolic OH excluding ortho intramolecular Hbond substituents is 1. The molecule has 9 heteroatoms. The SMILES string of the molecule is CN1CCOC2(CCN(Cc3ccc(CCNCC(O)c4ccc(O)c5[nH]c(=O)ccc45)s3)CC2)C1. The zero-order chi connectivity index (χ0) is 25.1. The van der Waals surface area contributed by atoms with Crippen molar-refractivity contribution in [2.45, 2.75) is 37.5 Å². The Morgan fingerprint density at radius 1 is 1.14 bits per heavy atom. The Kier molecular flexibility index (Phi) is 7.76. The number of pyridine rings is 1. The first kappa shape index (κ1) is 25.4. The number of piperidine rings is 1. The number of phenols is 1. The number of nitrogens with one attached hydrogen (secondary N) is 2. The highest BCUT2D eigenvalue weighted by Gasteiger charge is 2.38. The van der Waals surface area contributed by atoms with Crippen LogP contribution in [0.4, 0.5) is 0 Å². The van der Waals surface area contributed by atoms with E-state index < -0.39 is 6.10 Å². The summed E-state index contributed by atoms with van der Waals surface area (Å²) < 4.78 is 6.19. The summed E-state index contributed by atoms with van der Waals surface area (Å²) in [6.07, 6.45) is 2.38. The van der Waals surface area contributed by atoms with Gasteiger partial charge in [0.05, 0.1) is 23.8 Å². The minimum atomic E-state index is -0.742. The van der Waals surface area contributed by atoms with Crippen LogP contribution >= 0.6 is 11.3 Å². The molecule has 0 bridgehead atoms. The van der Waals surface area contributed by atoms with Crippen LogP contribution in [0.3, 0.4) is 0 Å². The monoisotopic (exact) mass is 512 g/mol. The minimum Gasteiger partial charge on any atom is -0.506 e. The zero-order valence-corrected chi connectivity index (χ0v) is 21.6. The second-order valence-electron chi connectivity index (χ2n) is 10.2. The molecule has 2 aliphatic heterocycles. The molecular weight excluding hydrogens is 476 g/mol. The van der Waals surface area contributed by atoms with Crippen LogP contribution in [0.25, 0.3) is 10.9 Å². The average molecular weight is 513 g/mol. The van der Waals surface area contributed by atoms with E-state index in [2.05, 4.69) is 39.3 Å². The number of H-pyrrole nitrogens is 1. The van der Waals surface area contributed by atoms with Gasteiger partial charge in [0.25, 0.3) is 0 Å². The van der Waals surface area contributed by atoms with E-state index in [1.54, 1.807) is 12.1 Å². The first-order valence-electron chi connectivity index (χ1n) is 12.8. The number of hydrogen-bond donors (Lipinski definition) is 4. The van der Waals surface area contributed by atoms with Crippen molar-refractivity contribution in [2.75, 3.05) is 52.9 Å². The number of nitrogens with zero attached hydrogens (tertiary/aromatic N) is 2. The molecule has 3 aromatic rings. The fraction of sp³-hybridized carbons (Fsp3) is 0.519. The maximum atomic E-state index is 11.6. The lowest BCUT2D eigenvalue weighted by Gasteiger charge is -2.46. The summed E-state index contributed by atoms with van der Waals surface area (Å²) in [7, 11) is 2.19. The molecule has 4 heterocycles. The Bertz CT molecular complexity index is 1230. The van der Waals surface area contributed by atoms with Crippen LogP contribution in [0.5, 0.6) is 5.75 Å². The summed E-state index contributed by atoms with van der Waals surface area (Å²) >= 11 is 1.87.